The average Bonchev–Trinajstić information content (AvgIpc) is 2.66. The highest BCUT2D eigenvalue weighted by Crippen LogP contribution is 2.57. The zero-order valence-corrected chi connectivity index (χ0v) is 13.5. The van der Waals surface area contributed by atoms with Crippen LogP contribution in [0.4, 0.5) is 0 Å². The molecule has 2 heteroatoms. The van der Waals surface area contributed by atoms with Crippen molar-refractivity contribution in [2.45, 2.75) is 83.8 Å². The van der Waals surface area contributed by atoms with E-state index in [9.17, 15) is 10.2 Å². The van der Waals surface area contributed by atoms with Crippen molar-refractivity contribution in [3.05, 3.63) is 12.2 Å². The molecule has 0 bridgehead atoms. The standard InChI is InChI=1S/C18H32O2/c1-13(7-5-11-17(2,3)20)14-9-10-15-16(19)8-6-12-18(14,15)4/h14-16,19-20H,1,5-12H2,2-4H3/t14?,15-,16-,18?/m0/s1. The number of fused-ring (bicyclic) bond motifs is 1. The molecule has 116 valence electrons. The van der Waals surface area contributed by atoms with Crippen molar-refractivity contribution in [1.29, 1.82) is 0 Å². The molecule has 0 aliphatic heterocycles. The smallest absolute Gasteiger partial charge is 0.0591 e. The fourth-order valence-corrected chi connectivity index (χ4v) is 4.74. The van der Waals surface area contributed by atoms with Crippen LogP contribution in [0.2, 0.25) is 0 Å². The lowest BCUT2D eigenvalue weighted by Gasteiger charge is -2.44. The van der Waals surface area contributed by atoms with Gasteiger partial charge in [-0.1, -0.05) is 25.5 Å². The van der Waals surface area contributed by atoms with E-state index in [1.807, 2.05) is 13.8 Å². The molecule has 0 amide bonds. The summed E-state index contributed by atoms with van der Waals surface area (Å²) in [6.45, 7) is 10.5. The van der Waals surface area contributed by atoms with E-state index in [0.29, 0.717) is 11.8 Å². The third-order valence-electron chi connectivity index (χ3n) is 5.87. The second-order valence-electron chi connectivity index (χ2n) is 8.03. The number of allylic oxidation sites excluding steroid dienone is 1. The highest BCUT2D eigenvalue weighted by Gasteiger charge is 2.51. The van der Waals surface area contributed by atoms with E-state index < -0.39 is 5.60 Å². The first-order chi connectivity index (χ1) is 9.24. The van der Waals surface area contributed by atoms with Crippen molar-refractivity contribution in [2.75, 3.05) is 0 Å². The summed E-state index contributed by atoms with van der Waals surface area (Å²) in [6.07, 6.45) is 8.51. The Hall–Kier alpha value is -0.340. The molecule has 2 nitrogen and oxygen atoms in total. The molecule has 2 saturated carbocycles. The molecule has 0 heterocycles. The van der Waals surface area contributed by atoms with E-state index in [1.54, 1.807) is 0 Å². The predicted octanol–water partition coefficient (Wildman–Crippen LogP) is 4.06. The van der Waals surface area contributed by atoms with Gasteiger partial charge >= 0.3 is 0 Å². The zero-order chi connectivity index (χ0) is 15.0. The summed E-state index contributed by atoms with van der Waals surface area (Å²) < 4.78 is 0. The van der Waals surface area contributed by atoms with Gasteiger partial charge in [-0.05, 0) is 76.0 Å². The Morgan fingerprint density at radius 3 is 2.65 bits per heavy atom. The Kier molecular flexibility index (Phi) is 4.66. The molecule has 0 saturated heterocycles. The highest BCUT2D eigenvalue weighted by molar-refractivity contribution is 5.13. The first-order valence-electron chi connectivity index (χ1n) is 8.32. The van der Waals surface area contributed by atoms with Gasteiger partial charge < -0.3 is 10.2 Å². The molecule has 2 aliphatic carbocycles. The molecule has 0 aromatic heterocycles. The Balaban J connectivity index is 1.94. The van der Waals surface area contributed by atoms with Crippen molar-refractivity contribution in [3.8, 4) is 0 Å². The quantitative estimate of drug-likeness (QED) is 0.746. The van der Waals surface area contributed by atoms with Gasteiger partial charge in [0.25, 0.3) is 0 Å². The van der Waals surface area contributed by atoms with E-state index in [2.05, 4.69) is 13.5 Å². The zero-order valence-electron chi connectivity index (χ0n) is 13.5. The Morgan fingerprint density at radius 2 is 2.00 bits per heavy atom. The number of aliphatic hydroxyl groups excluding tert-OH is 1. The minimum atomic E-state index is -0.566. The number of rotatable bonds is 5. The molecule has 0 aromatic carbocycles. The normalized spacial score (nSPS) is 37.8. The monoisotopic (exact) mass is 280 g/mol. The molecule has 2 aliphatic rings. The maximum Gasteiger partial charge on any atom is 0.0591 e. The summed E-state index contributed by atoms with van der Waals surface area (Å²) in [5, 5.41) is 20.1. The molecule has 2 fully saturated rings. The maximum absolute atomic E-state index is 10.3. The average molecular weight is 280 g/mol. The Morgan fingerprint density at radius 1 is 1.30 bits per heavy atom. The van der Waals surface area contributed by atoms with Crippen LogP contribution in [0.25, 0.3) is 0 Å². The predicted molar refractivity (Wildman–Crippen MR) is 83.5 cm³/mol. The Labute approximate surface area is 124 Å². The first kappa shape index (κ1) is 16.0. The molecule has 0 spiro atoms. The van der Waals surface area contributed by atoms with Crippen LogP contribution in [-0.2, 0) is 0 Å². The second-order valence-corrected chi connectivity index (χ2v) is 8.03. The summed E-state index contributed by atoms with van der Waals surface area (Å²) in [4.78, 5) is 0. The maximum atomic E-state index is 10.3. The van der Waals surface area contributed by atoms with E-state index >= 15 is 0 Å². The van der Waals surface area contributed by atoms with Crippen LogP contribution in [0.15, 0.2) is 12.2 Å². The molecule has 0 aromatic rings. The van der Waals surface area contributed by atoms with Crippen molar-refractivity contribution in [3.63, 3.8) is 0 Å². The van der Waals surface area contributed by atoms with Gasteiger partial charge in [-0.25, -0.2) is 0 Å². The summed E-state index contributed by atoms with van der Waals surface area (Å²) in [6, 6.07) is 0. The molecule has 2 rings (SSSR count). The molecule has 2 N–H and O–H groups in total. The summed E-state index contributed by atoms with van der Waals surface area (Å²) >= 11 is 0. The van der Waals surface area contributed by atoms with Crippen molar-refractivity contribution in [1.82, 2.24) is 0 Å². The SMILES string of the molecule is C=C(CCCC(C)(C)O)C1CC[C@H]2[C@@H](O)CCCC12C. The fourth-order valence-electron chi connectivity index (χ4n) is 4.74. The van der Waals surface area contributed by atoms with E-state index in [-0.39, 0.29) is 11.5 Å². The number of hydrogen-bond acceptors (Lipinski definition) is 2. The van der Waals surface area contributed by atoms with Crippen LogP contribution in [0.5, 0.6) is 0 Å². The van der Waals surface area contributed by atoms with Crippen LogP contribution in [0, 0.1) is 17.3 Å². The lowest BCUT2D eigenvalue weighted by molar-refractivity contribution is -0.0114. The third kappa shape index (κ3) is 3.28. The highest BCUT2D eigenvalue weighted by atomic mass is 16.3. The Bertz CT molecular complexity index is 355. The topological polar surface area (TPSA) is 40.5 Å². The van der Waals surface area contributed by atoms with Gasteiger partial charge in [-0.2, -0.15) is 0 Å². The van der Waals surface area contributed by atoms with Crippen molar-refractivity contribution in [2.24, 2.45) is 17.3 Å². The molecule has 20 heavy (non-hydrogen) atoms. The lowest BCUT2D eigenvalue weighted by atomic mass is 9.62. The number of aliphatic hydroxyl groups is 2. The van der Waals surface area contributed by atoms with Crippen LogP contribution in [0.3, 0.4) is 0 Å². The van der Waals surface area contributed by atoms with Gasteiger partial charge in [0.2, 0.25) is 0 Å². The summed E-state index contributed by atoms with van der Waals surface area (Å²) in [5.41, 5.74) is 1.06. The van der Waals surface area contributed by atoms with Crippen molar-refractivity contribution >= 4 is 0 Å². The van der Waals surface area contributed by atoms with E-state index in [1.165, 1.54) is 18.4 Å². The van der Waals surface area contributed by atoms with Crippen molar-refractivity contribution < 1.29 is 10.2 Å². The summed E-state index contributed by atoms with van der Waals surface area (Å²) in [7, 11) is 0. The second kappa shape index (κ2) is 5.81. The fraction of sp³-hybridized carbons (Fsp3) is 0.889. The first-order valence-corrected chi connectivity index (χ1v) is 8.32. The van der Waals surface area contributed by atoms with Gasteiger partial charge in [0.15, 0.2) is 0 Å². The lowest BCUT2D eigenvalue weighted by Crippen LogP contribution is -2.40. The molecule has 2 unspecified atom stereocenters. The van der Waals surface area contributed by atoms with Crippen LogP contribution in [-0.4, -0.2) is 21.9 Å². The van der Waals surface area contributed by atoms with Crippen LogP contribution in [0.1, 0.15) is 72.1 Å². The number of hydrogen-bond donors (Lipinski definition) is 2. The van der Waals surface area contributed by atoms with Crippen LogP contribution < -0.4 is 0 Å². The molecular formula is C18H32O2. The molecule has 0 radical (unpaired) electrons. The summed E-state index contributed by atoms with van der Waals surface area (Å²) in [5.74, 6) is 1.05. The third-order valence-corrected chi connectivity index (χ3v) is 5.87. The minimum Gasteiger partial charge on any atom is -0.393 e. The van der Waals surface area contributed by atoms with Gasteiger partial charge in [0.05, 0.1) is 11.7 Å². The van der Waals surface area contributed by atoms with Gasteiger partial charge in [0, 0.05) is 0 Å². The van der Waals surface area contributed by atoms with Gasteiger partial charge in [-0.15, -0.1) is 0 Å². The minimum absolute atomic E-state index is 0.0945. The van der Waals surface area contributed by atoms with E-state index in [4.69, 9.17) is 0 Å². The molecule has 4 atom stereocenters. The van der Waals surface area contributed by atoms with Gasteiger partial charge in [0.1, 0.15) is 0 Å². The van der Waals surface area contributed by atoms with Gasteiger partial charge in [-0.3, -0.25) is 0 Å². The molecular weight excluding hydrogens is 248 g/mol. The largest absolute Gasteiger partial charge is 0.393 e. The van der Waals surface area contributed by atoms with E-state index in [0.717, 1.165) is 38.5 Å². The van der Waals surface area contributed by atoms with Crippen LogP contribution >= 0.6 is 0 Å².